The van der Waals surface area contributed by atoms with E-state index in [9.17, 15) is 9.59 Å². The van der Waals surface area contributed by atoms with E-state index in [1.165, 1.54) is 11.3 Å². The first-order valence-electron chi connectivity index (χ1n) is 5.65. The molecule has 96 valence electrons. The molecule has 1 amide bonds. The summed E-state index contributed by atoms with van der Waals surface area (Å²) in [5.41, 5.74) is 0.393. The number of amides is 1. The summed E-state index contributed by atoms with van der Waals surface area (Å²) in [6, 6.07) is 1.74. The van der Waals surface area contributed by atoms with Gasteiger partial charge in [-0.15, -0.1) is 17.8 Å². The van der Waals surface area contributed by atoms with Crippen molar-refractivity contribution < 1.29 is 14.3 Å². The Kier molecular flexibility index (Phi) is 5.40. The molecule has 1 heterocycles. The highest BCUT2D eigenvalue weighted by Crippen LogP contribution is 2.29. The lowest BCUT2D eigenvalue weighted by molar-refractivity contribution is -0.115. The molecule has 0 saturated heterocycles. The second kappa shape index (κ2) is 6.82. The second-order valence-corrected chi connectivity index (χ2v) is 4.60. The number of ether oxygens (including phenoxy) is 1. The van der Waals surface area contributed by atoms with Gasteiger partial charge >= 0.3 is 5.97 Å². The number of thiophene rings is 1. The van der Waals surface area contributed by atoms with Crippen LogP contribution in [0.1, 0.15) is 35.5 Å². The first-order valence-corrected chi connectivity index (χ1v) is 6.47. The van der Waals surface area contributed by atoms with Gasteiger partial charge in [-0.25, -0.2) is 4.79 Å². The van der Waals surface area contributed by atoms with E-state index in [2.05, 4.69) is 11.2 Å². The Morgan fingerprint density at radius 3 is 2.78 bits per heavy atom. The number of carbonyl (C=O) groups excluding carboxylic acids is 2. The Bertz CT molecular complexity index is 485. The van der Waals surface area contributed by atoms with Gasteiger partial charge in [0.1, 0.15) is 5.00 Å². The van der Waals surface area contributed by atoms with E-state index >= 15 is 0 Å². The fourth-order valence-electron chi connectivity index (χ4n) is 1.33. The average Bonchev–Trinajstić information content (AvgIpc) is 2.73. The van der Waals surface area contributed by atoms with Gasteiger partial charge in [-0.2, -0.15) is 0 Å². The number of hydrogen-bond acceptors (Lipinski definition) is 4. The number of carbonyl (C=O) groups is 2. The third kappa shape index (κ3) is 3.60. The summed E-state index contributed by atoms with van der Waals surface area (Å²) >= 11 is 1.37. The number of nitrogens with one attached hydrogen (secondary N) is 1. The highest BCUT2D eigenvalue weighted by molar-refractivity contribution is 7.16. The Hall–Kier alpha value is -1.80. The number of hydrogen-bond donors (Lipinski definition) is 1. The van der Waals surface area contributed by atoms with Gasteiger partial charge in [-0.3, -0.25) is 4.79 Å². The van der Waals surface area contributed by atoms with Gasteiger partial charge in [0.15, 0.2) is 0 Å². The SMILES string of the molecule is C#CCC(=O)Nc1sc(CC)cc1C(=O)OCC. The van der Waals surface area contributed by atoms with E-state index in [1.54, 1.807) is 13.0 Å². The fourth-order valence-corrected chi connectivity index (χ4v) is 2.33. The number of anilines is 1. The Labute approximate surface area is 110 Å². The third-order valence-electron chi connectivity index (χ3n) is 2.14. The summed E-state index contributed by atoms with van der Waals surface area (Å²) in [7, 11) is 0. The van der Waals surface area contributed by atoms with Crippen LogP contribution < -0.4 is 5.32 Å². The van der Waals surface area contributed by atoms with Crippen LogP contribution in [0.4, 0.5) is 5.00 Å². The molecule has 1 N–H and O–H groups in total. The first kappa shape index (κ1) is 14.3. The topological polar surface area (TPSA) is 55.4 Å². The predicted octanol–water partition coefficient (Wildman–Crippen LogP) is 2.45. The Morgan fingerprint density at radius 1 is 1.50 bits per heavy atom. The Balaban J connectivity index is 2.95. The summed E-state index contributed by atoms with van der Waals surface area (Å²) < 4.78 is 4.94. The lowest BCUT2D eigenvalue weighted by Gasteiger charge is -2.04. The summed E-state index contributed by atoms with van der Waals surface area (Å²) in [5, 5.41) is 3.15. The molecule has 0 aromatic carbocycles. The maximum atomic E-state index is 11.7. The molecular weight excluding hydrogens is 250 g/mol. The first-order chi connectivity index (χ1) is 8.62. The van der Waals surface area contributed by atoms with Crippen molar-refractivity contribution in [2.24, 2.45) is 0 Å². The molecule has 0 aliphatic rings. The van der Waals surface area contributed by atoms with Crippen molar-refractivity contribution in [3.63, 3.8) is 0 Å². The maximum absolute atomic E-state index is 11.7. The molecule has 0 radical (unpaired) electrons. The number of aryl methyl sites for hydroxylation is 1. The van der Waals surface area contributed by atoms with Crippen LogP contribution in [0.3, 0.4) is 0 Å². The molecule has 1 rings (SSSR count). The van der Waals surface area contributed by atoms with Crippen molar-refractivity contribution in [2.75, 3.05) is 11.9 Å². The normalized spacial score (nSPS) is 9.61. The average molecular weight is 265 g/mol. The van der Waals surface area contributed by atoms with Crippen LogP contribution in [0.2, 0.25) is 0 Å². The molecule has 1 aromatic heterocycles. The molecule has 0 spiro atoms. The van der Waals surface area contributed by atoms with Gasteiger partial charge in [-0.1, -0.05) is 12.8 Å². The van der Waals surface area contributed by atoms with E-state index in [0.717, 1.165) is 11.3 Å². The third-order valence-corrected chi connectivity index (χ3v) is 3.34. The highest BCUT2D eigenvalue weighted by Gasteiger charge is 2.18. The van der Waals surface area contributed by atoms with E-state index in [1.807, 2.05) is 6.92 Å². The molecule has 0 bridgehead atoms. The summed E-state index contributed by atoms with van der Waals surface area (Å²) in [6.07, 6.45) is 5.84. The van der Waals surface area contributed by atoms with E-state index < -0.39 is 5.97 Å². The van der Waals surface area contributed by atoms with Crippen molar-refractivity contribution in [1.82, 2.24) is 0 Å². The van der Waals surface area contributed by atoms with Crippen molar-refractivity contribution in [3.8, 4) is 12.3 Å². The number of rotatable bonds is 5. The van der Waals surface area contributed by atoms with Crippen LogP contribution in [-0.4, -0.2) is 18.5 Å². The van der Waals surface area contributed by atoms with Crippen LogP contribution in [0.25, 0.3) is 0 Å². The second-order valence-electron chi connectivity index (χ2n) is 3.46. The minimum atomic E-state index is -0.426. The largest absolute Gasteiger partial charge is 0.462 e. The fraction of sp³-hybridized carbons (Fsp3) is 0.385. The van der Waals surface area contributed by atoms with E-state index in [0.29, 0.717) is 17.2 Å². The summed E-state index contributed by atoms with van der Waals surface area (Å²) in [5.74, 6) is 1.53. The zero-order valence-electron chi connectivity index (χ0n) is 10.4. The van der Waals surface area contributed by atoms with Crippen LogP contribution in [0.5, 0.6) is 0 Å². The lowest BCUT2D eigenvalue weighted by Crippen LogP contribution is -2.13. The standard InChI is InChI=1S/C13H15NO3S/c1-4-7-11(15)14-12-10(13(16)17-6-3)8-9(5-2)18-12/h1,8H,5-7H2,2-3H3,(H,14,15). The van der Waals surface area contributed by atoms with Crippen LogP contribution in [0, 0.1) is 12.3 Å². The lowest BCUT2D eigenvalue weighted by atomic mass is 10.2. The minimum absolute atomic E-state index is 0.0123. The molecule has 0 aliphatic carbocycles. The van der Waals surface area contributed by atoms with Crippen LogP contribution in [0.15, 0.2) is 6.07 Å². The molecule has 4 nitrogen and oxygen atoms in total. The monoisotopic (exact) mass is 265 g/mol. The molecule has 0 fully saturated rings. The van der Waals surface area contributed by atoms with E-state index in [4.69, 9.17) is 11.2 Å². The maximum Gasteiger partial charge on any atom is 0.341 e. The minimum Gasteiger partial charge on any atom is -0.462 e. The summed E-state index contributed by atoms with van der Waals surface area (Å²) in [4.78, 5) is 24.2. The Morgan fingerprint density at radius 2 is 2.22 bits per heavy atom. The van der Waals surface area contributed by atoms with Crippen LogP contribution in [-0.2, 0) is 16.0 Å². The van der Waals surface area contributed by atoms with Gasteiger partial charge in [0.2, 0.25) is 5.91 Å². The number of terminal acetylenes is 1. The number of esters is 1. The zero-order valence-corrected chi connectivity index (χ0v) is 11.2. The predicted molar refractivity (Wildman–Crippen MR) is 71.7 cm³/mol. The van der Waals surface area contributed by atoms with Crippen LogP contribution >= 0.6 is 11.3 Å². The van der Waals surface area contributed by atoms with Crippen molar-refractivity contribution in [2.45, 2.75) is 26.7 Å². The van der Waals surface area contributed by atoms with Gasteiger partial charge in [0, 0.05) is 4.88 Å². The van der Waals surface area contributed by atoms with Crippen molar-refractivity contribution in [3.05, 3.63) is 16.5 Å². The van der Waals surface area contributed by atoms with Gasteiger partial charge < -0.3 is 10.1 Å². The van der Waals surface area contributed by atoms with Gasteiger partial charge in [0.05, 0.1) is 18.6 Å². The van der Waals surface area contributed by atoms with Crippen molar-refractivity contribution >= 4 is 28.2 Å². The quantitative estimate of drug-likeness (QED) is 0.657. The molecule has 0 saturated carbocycles. The van der Waals surface area contributed by atoms with Crippen molar-refractivity contribution in [1.29, 1.82) is 0 Å². The van der Waals surface area contributed by atoms with Gasteiger partial charge in [-0.05, 0) is 19.4 Å². The highest BCUT2D eigenvalue weighted by atomic mass is 32.1. The zero-order chi connectivity index (χ0) is 13.5. The molecular formula is C13H15NO3S. The smallest absolute Gasteiger partial charge is 0.341 e. The van der Waals surface area contributed by atoms with E-state index in [-0.39, 0.29) is 12.3 Å². The molecule has 18 heavy (non-hydrogen) atoms. The molecule has 0 unspecified atom stereocenters. The molecule has 0 aliphatic heterocycles. The van der Waals surface area contributed by atoms with Gasteiger partial charge in [0.25, 0.3) is 0 Å². The molecule has 0 atom stereocenters. The summed E-state index contributed by atoms with van der Waals surface area (Å²) in [6.45, 7) is 4.02. The molecule has 1 aromatic rings. The molecule has 5 heteroatoms.